The van der Waals surface area contributed by atoms with Crippen molar-refractivity contribution in [3.05, 3.63) is 28.5 Å². The third-order valence-corrected chi connectivity index (χ3v) is 3.19. The van der Waals surface area contributed by atoms with E-state index in [1.165, 1.54) is 5.52 Å². The molecule has 3 nitrogen and oxygen atoms in total. The van der Waals surface area contributed by atoms with E-state index in [1.54, 1.807) is 0 Å². The van der Waals surface area contributed by atoms with Gasteiger partial charge in [0, 0.05) is 24.5 Å². The lowest BCUT2D eigenvalue weighted by Crippen LogP contribution is -2.12. The van der Waals surface area contributed by atoms with Crippen LogP contribution in [-0.4, -0.2) is 23.1 Å². The minimum atomic E-state index is 0.952. The van der Waals surface area contributed by atoms with E-state index in [4.69, 9.17) is 0 Å². The van der Waals surface area contributed by atoms with Crippen LogP contribution in [-0.2, 0) is 13.5 Å². The molecule has 2 rings (SSSR count). The molecule has 1 aromatic heterocycles. The molecular weight excluding hydrogens is 254 g/mol. The summed E-state index contributed by atoms with van der Waals surface area (Å²) in [7, 11) is 4.02. The summed E-state index contributed by atoms with van der Waals surface area (Å²) in [4.78, 5) is 4.63. The number of aromatic nitrogens is 2. The lowest BCUT2D eigenvalue weighted by Gasteiger charge is -2.00. The van der Waals surface area contributed by atoms with Crippen LogP contribution in [0.2, 0.25) is 0 Å². The number of fused-ring (bicyclic) bond motifs is 1. The van der Waals surface area contributed by atoms with E-state index < -0.39 is 0 Å². The summed E-state index contributed by atoms with van der Waals surface area (Å²) < 4.78 is 3.21. The number of halogens is 1. The van der Waals surface area contributed by atoms with Gasteiger partial charge < -0.3 is 9.88 Å². The first-order valence-electron chi connectivity index (χ1n) is 4.98. The first kappa shape index (κ1) is 10.6. The molecule has 0 aliphatic rings. The number of likely N-dealkylation sites (N-methyl/N-ethyl adjacent to an activating group) is 1. The summed E-state index contributed by atoms with van der Waals surface area (Å²) >= 11 is 3.52. The molecule has 1 N–H and O–H groups in total. The Morgan fingerprint density at radius 1 is 1.47 bits per heavy atom. The van der Waals surface area contributed by atoms with E-state index in [2.05, 4.69) is 43.9 Å². The van der Waals surface area contributed by atoms with E-state index in [0.29, 0.717) is 0 Å². The van der Waals surface area contributed by atoms with Crippen molar-refractivity contribution in [1.29, 1.82) is 0 Å². The predicted octanol–water partition coefficient (Wildman–Crippen LogP) is 2.10. The molecule has 1 aromatic carbocycles. The molecule has 0 atom stereocenters. The number of aryl methyl sites for hydroxylation is 1. The molecule has 0 saturated heterocycles. The highest BCUT2D eigenvalue weighted by Crippen LogP contribution is 2.23. The minimum Gasteiger partial charge on any atom is -0.331 e. The van der Waals surface area contributed by atoms with E-state index in [0.717, 1.165) is 28.8 Å². The highest BCUT2D eigenvalue weighted by molar-refractivity contribution is 9.10. The highest BCUT2D eigenvalue weighted by atomic mass is 79.9. The zero-order chi connectivity index (χ0) is 10.8. The fourth-order valence-corrected chi connectivity index (χ4v) is 2.13. The van der Waals surface area contributed by atoms with Crippen molar-refractivity contribution < 1.29 is 0 Å². The second kappa shape index (κ2) is 4.33. The predicted molar refractivity (Wildman–Crippen MR) is 66.0 cm³/mol. The van der Waals surface area contributed by atoms with Gasteiger partial charge in [-0.05, 0) is 35.1 Å². The Labute approximate surface area is 97.6 Å². The molecule has 0 unspecified atom stereocenters. The van der Waals surface area contributed by atoms with Gasteiger partial charge in [0.15, 0.2) is 0 Å². The van der Waals surface area contributed by atoms with Crippen LogP contribution in [0.5, 0.6) is 0 Å². The molecule has 1 heterocycles. The van der Waals surface area contributed by atoms with Gasteiger partial charge in [-0.25, -0.2) is 4.98 Å². The molecule has 2 aromatic rings. The molecular formula is C11H14BrN3. The molecule has 15 heavy (non-hydrogen) atoms. The average molecular weight is 268 g/mol. The average Bonchev–Trinajstić information content (AvgIpc) is 2.55. The van der Waals surface area contributed by atoms with Gasteiger partial charge in [-0.3, -0.25) is 0 Å². The van der Waals surface area contributed by atoms with Crippen LogP contribution in [0.1, 0.15) is 5.82 Å². The fraction of sp³-hybridized carbons (Fsp3) is 0.364. The number of rotatable bonds is 3. The molecule has 0 radical (unpaired) electrons. The molecule has 0 bridgehead atoms. The Bertz CT molecular complexity index is 476. The summed E-state index contributed by atoms with van der Waals surface area (Å²) in [5.74, 6) is 1.12. The number of hydrogen-bond donors (Lipinski definition) is 1. The molecule has 0 saturated carbocycles. The number of para-hydroxylation sites is 1. The van der Waals surface area contributed by atoms with Crippen molar-refractivity contribution in [2.45, 2.75) is 6.42 Å². The van der Waals surface area contributed by atoms with Gasteiger partial charge in [-0.2, -0.15) is 0 Å². The van der Waals surface area contributed by atoms with Crippen LogP contribution in [0.4, 0.5) is 0 Å². The molecule has 0 aliphatic heterocycles. The van der Waals surface area contributed by atoms with Crippen LogP contribution in [0.15, 0.2) is 22.7 Å². The van der Waals surface area contributed by atoms with E-state index in [-0.39, 0.29) is 0 Å². The van der Waals surface area contributed by atoms with Crippen LogP contribution < -0.4 is 5.32 Å². The van der Waals surface area contributed by atoms with Crippen molar-refractivity contribution >= 4 is 27.0 Å². The summed E-state index contributed by atoms with van der Waals surface area (Å²) in [6, 6.07) is 6.16. The standard InChI is InChI=1S/C11H14BrN3/c1-13-7-6-10-14-11-8(12)4-3-5-9(11)15(10)2/h3-5,13H,6-7H2,1-2H3. The van der Waals surface area contributed by atoms with Crippen molar-refractivity contribution in [1.82, 2.24) is 14.9 Å². The summed E-state index contributed by atoms with van der Waals surface area (Å²) in [5, 5.41) is 3.14. The molecule has 80 valence electrons. The molecule has 0 spiro atoms. The van der Waals surface area contributed by atoms with Gasteiger partial charge in [0.1, 0.15) is 11.3 Å². The smallest absolute Gasteiger partial charge is 0.110 e. The van der Waals surface area contributed by atoms with Crippen molar-refractivity contribution in [2.24, 2.45) is 7.05 Å². The maximum atomic E-state index is 4.63. The number of benzene rings is 1. The molecule has 0 fully saturated rings. The fourth-order valence-electron chi connectivity index (χ4n) is 1.69. The Hall–Kier alpha value is -0.870. The van der Waals surface area contributed by atoms with Gasteiger partial charge >= 0.3 is 0 Å². The number of imidazole rings is 1. The Morgan fingerprint density at radius 3 is 2.93 bits per heavy atom. The van der Waals surface area contributed by atoms with Gasteiger partial charge in [-0.1, -0.05) is 6.07 Å². The maximum absolute atomic E-state index is 4.63. The van der Waals surface area contributed by atoms with Crippen LogP contribution in [0, 0.1) is 0 Å². The third-order valence-electron chi connectivity index (χ3n) is 2.55. The van der Waals surface area contributed by atoms with Gasteiger partial charge in [-0.15, -0.1) is 0 Å². The Balaban J connectivity index is 2.49. The largest absolute Gasteiger partial charge is 0.331 e. The van der Waals surface area contributed by atoms with E-state index in [1.807, 2.05) is 19.2 Å². The van der Waals surface area contributed by atoms with Crippen LogP contribution >= 0.6 is 15.9 Å². The number of nitrogens with one attached hydrogen (secondary N) is 1. The quantitative estimate of drug-likeness (QED) is 0.923. The Kier molecular flexibility index (Phi) is 3.07. The number of hydrogen-bond acceptors (Lipinski definition) is 2. The van der Waals surface area contributed by atoms with E-state index >= 15 is 0 Å². The van der Waals surface area contributed by atoms with Crippen molar-refractivity contribution in [3.63, 3.8) is 0 Å². The SMILES string of the molecule is CNCCc1nc2c(Br)cccc2n1C. The minimum absolute atomic E-state index is 0.952. The van der Waals surface area contributed by atoms with Gasteiger partial charge in [0.2, 0.25) is 0 Å². The normalized spacial score (nSPS) is 11.1. The second-order valence-corrected chi connectivity index (χ2v) is 4.40. The third kappa shape index (κ3) is 1.92. The first-order chi connectivity index (χ1) is 7.24. The first-order valence-corrected chi connectivity index (χ1v) is 5.77. The zero-order valence-electron chi connectivity index (χ0n) is 8.92. The van der Waals surface area contributed by atoms with Crippen LogP contribution in [0.25, 0.3) is 11.0 Å². The molecule has 0 amide bonds. The van der Waals surface area contributed by atoms with Gasteiger partial charge in [0.25, 0.3) is 0 Å². The summed E-state index contributed by atoms with van der Waals surface area (Å²) in [6.07, 6.45) is 0.952. The molecule has 0 aliphatic carbocycles. The topological polar surface area (TPSA) is 29.9 Å². The summed E-state index contributed by atoms with van der Waals surface area (Å²) in [5.41, 5.74) is 2.22. The van der Waals surface area contributed by atoms with Gasteiger partial charge in [0.05, 0.1) is 5.52 Å². The van der Waals surface area contributed by atoms with E-state index in [9.17, 15) is 0 Å². The zero-order valence-corrected chi connectivity index (χ0v) is 10.5. The maximum Gasteiger partial charge on any atom is 0.110 e. The molecule has 4 heteroatoms. The van der Waals surface area contributed by atoms with Crippen molar-refractivity contribution in [3.8, 4) is 0 Å². The highest BCUT2D eigenvalue weighted by Gasteiger charge is 2.08. The monoisotopic (exact) mass is 267 g/mol. The van der Waals surface area contributed by atoms with Crippen LogP contribution in [0.3, 0.4) is 0 Å². The van der Waals surface area contributed by atoms with Crippen molar-refractivity contribution in [2.75, 3.05) is 13.6 Å². The lowest BCUT2D eigenvalue weighted by atomic mass is 10.3. The lowest BCUT2D eigenvalue weighted by molar-refractivity contribution is 0.726. The Morgan fingerprint density at radius 2 is 2.27 bits per heavy atom. The summed E-state index contributed by atoms with van der Waals surface area (Å²) in [6.45, 7) is 0.953. The second-order valence-electron chi connectivity index (χ2n) is 3.55. The number of nitrogens with zero attached hydrogens (tertiary/aromatic N) is 2.